The van der Waals surface area contributed by atoms with Crippen molar-refractivity contribution in [1.29, 1.82) is 0 Å². The number of hydrogen-bond donors (Lipinski definition) is 4. The summed E-state index contributed by atoms with van der Waals surface area (Å²) in [5.74, 6) is -1.87. The average Bonchev–Trinajstić information content (AvgIpc) is 3.79. The zero-order valence-electron chi connectivity index (χ0n) is 33.6. The molecule has 3 aliphatic heterocycles. The lowest BCUT2D eigenvalue weighted by molar-refractivity contribution is -0.224. The van der Waals surface area contributed by atoms with Gasteiger partial charge in [0.05, 0.1) is 13.2 Å². The van der Waals surface area contributed by atoms with E-state index in [9.17, 15) is 19.5 Å². The molecule has 1 aliphatic carbocycles. The van der Waals surface area contributed by atoms with Crippen LogP contribution in [0.25, 0.3) is 6.08 Å². The number of nitrogens with one attached hydrogen (secondary N) is 2. The normalized spacial score (nSPS) is 25.7. The molecule has 6 atom stereocenters. The minimum atomic E-state index is -1.36. The monoisotopic (exact) mass is 795 g/mol. The van der Waals surface area contributed by atoms with Crippen LogP contribution >= 0.6 is 0 Å². The second-order valence-electron chi connectivity index (χ2n) is 16.0. The minimum Gasteiger partial charge on any atom is -0.508 e. The molecule has 0 spiro atoms. The van der Waals surface area contributed by atoms with Crippen molar-refractivity contribution in [3.8, 4) is 5.75 Å². The largest absolute Gasteiger partial charge is 0.508 e. The van der Waals surface area contributed by atoms with Crippen LogP contribution in [0, 0.1) is 5.41 Å². The van der Waals surface area contributed by atoms with Gasteiger partial charge in [-0.2, -0.15) is 5.06 Å². The summed E-state index contributed by atoms with van der Waals surface area (Å²) in [6.07, 6.45) is 9.28. The molecule has 2 bridgehead atoms. The quantitative estimate of drug-likeness (QED) is 0.0823. The summed E-state index contributed by atoms with van der Waals surface area (Å²) in [5, 5.41) is 26.9. The van der Waals surface area contributed by atoms with Gasteiger partial charge in [0.25, 0.3) is 5.91 Å². The van der Waals surface area contributed by atoms with Crippen LogP contribution in [0.1, 0.15) is 104 Å². The van der Waals surface area contributed by atoms with Crippen LogP contribution in [0.4, 0.5) is 0 Å². The molecule has 7 rings (SSSR count). The van der Waals surface area contributed by atoms with E-state index in [-0.39, 0.29) is 50.2 Å². The lowest BCUT2D eigenvalue weighted by Crippen LogP contribution is -2.69. The lowest BCUT2D eigenvalue weighted by Gasteiger charge is -2.48. The Kier molecular flexibility index (Phi) is 13.3. The number of unbranched alkanes of at least 4 members (excludes halogenated alkanes) is 4. The maximum atomic E-state index is 15.0. The number of aliphatic hydroxyl groups is 1. The van der Waals surface area contributed by atoms with E-state index in [4.69, 9.17) is 24.2 Å². The molecule has 12 nitrogen and oxygen atoms in total. The van der Waals surface area contributed by atoms with Crippen LogP contribution in [0.2, 0.25) is 0 Å². The highest BCUT2D eigenvalue weighted by molar-refractivity contribution is 5.95. The fourth-order valence-corrected chi connectivity index (χ4v) is 9.14. The second kappa shape index (κ2) is 18.6. The summed E-state index contributed by atoms with van der Waals surface area (Å²) in [5.41, 5.74) is 2.34. The van der Waals surface area contributed by atoms with E-state index in [1.54, 1.807) is 35.4 Å². The van der Waals surface area contributed by atoms with Crippen molar-refractivity contribution >= 4 is 23.9 Å². The van der Waals surface area contributed by atoms with Crippen molar-refractivity contribution in [2.75, 3.05) is 13.2 Å². The van der Waals surface area contributed by atoms with Gasteiger partial charge in [-0.1, -0.05) is 106 Å². The van der Waals surface area contributed by atoms with Crippen LogP contribution in [-0.4, -0.2) is 82.5 Å². The number of nitrogens with zero attached hydrogens (tertiary/aromatic N) is 1. The number of benzene rings is 3. The van der Waals surface area contributed by atoms with Crippen LogP contribution in [0.5, 0.6) is 5.75 Å². The van der Waals surface area contributed by atoms with Crippen LogP contribution < -0.4 is 10.6 Å². The number of fused-ring (bicyclic) bond motifs is 4. The average molecular weight is 796 g/mol. The number of phenolic OH excluding ortho intramolecular Hbond substituents is 1. The first-order chi connectivity index (χ1) is 28.2. The highest BCUT2D eigenvalue weighted by atomic mass is 16.8. The molecule has 0 radical (unpaired) electrons. The summed E-state index contributed by atoms with van der Waals surface area (Å²) in [7, 11) is 0. The standard InChI is InChI=1S/C46H57N3O9/c1-3-5-11-23-45(24-12-6-4-2)56-38-37-28-46(44(54)48-29-31-15-13-21-34(27-31)42(52)47-25-26-50)40(43(53)55-37)49(58-41(46)39(38)57-45)30-35-18-8-7-16-32(35)19-14-20-33-17-9-10-22-36(33)51/h7-10,13-19,21-22,27,37-41,50-51H,3-6,11-12,20,23-26,28-30H2,1-2H3,(H,47,52)(H,48,54). The van der Waals surface area contributed by atoms with Gasteiger partial charge in [-0.15, -0.1) is 0 Å². The van der Waals surface area contributed by atoms with E-state index in [1.807, 2.05) is 54.6 Å². The summed E-state index contributed by atoms with van der Waals surface area (Å²) in [4.78, 5) is 48.8. The summed E-state index contributed by atoms with van der Waals surface area (Å²) >= 11 is 0. The number of aromatic hydroxyl groups is 1. The van der Waals surface area contributed by atoms with E-state index in [0.717, 1.165) is 55.2 Å². The maximum Gasteiger partial charge on any atom is 0.327 e. The second-order valence-corrected chi connectivity index (χ2v) is 16.0. The number of para-hydroxylation sites is 1. The first kappa shape index (κ1) is 41.6. The molecule has 3 saturated heterocycles. The number of rotatable bonds is 19. The third-order valence-electron chi connectivity index (χ3n) is 12.0. The zero-order valence-corrected chi connectivity index (χ0v) is 33.6. The van der Waals surface area contributed by atoms with Gasteiger partial charge in [-0.3, -0.25) is 19.2 Å². The predicted molar refractivity (Wildman–Crippen MR) is 217 cm³/mol. The Bertz CT molecular complexity index is 1940. The molecular weight excluding hydrogens is 739 g/mol. The fourth-order valence-electron chi connectivity index (χ4n) is 9.14. The van der Waals surface area contributed by atoms with Gasteiger partial charge in [0.1, 0.15) is 35.6 Å². The molecule has 3 aromatic carbocycles. The lowest BCUT2D eigenvalue weighted by atomic mass is 9.62. The van der Waals surface area contributed by atoms with Crippen molar-refractivity contribution in [2.24, 2.45) is 5.41 Å². The number of esters is 1. The first-order valence-corrected chi connectivity index (χ1v) is 21.0. The minimum absolute atomic E-state index is 0.106. The Morgan fingerprint density at radius 3 is 2.36 bits per heavy atom. The van der Waals surface area contributed by atoms with E-state index in [2.05, 4.69) is 24.5 Å². The number of carbonyl (C=O) groups is 3. The molecule has 4 fully saturated rings. The van der Waals surface area contributed by atoms with E-state index >= 15 is 0 Å². The first-order valence-electron chi connectivity index (χ1n) is 21.0. The summed E-state index contributed by atoms with van der Waals surface area (Å²) in [6.45, 7) is 4.58. The smallest absolute Gasteiger partial charge is 0.327 e. The molecule has 0 aromatic heterocycles. The van der Waals surface area contributed by atoms with Gasteiger partial charge in [-0.25, -0.2) is 0 Å². The molecule has 2 amide bonds. The Labute approximate surface area is 340 Å². The van der Waals surface area contributed by atoms with E-state index < -0.39 is 47.6 Å². The molecule has 6 unspecified atom stereocenters. The summed E-state index contributed by atoms with van der Waals surface area (Å²) in [6, 6.07) is 21.0. The molecule has 1 saturated carbocycles. The van der Waals surface area contributed by atoms with Gasteiger partial charge >= 0.3 is 5.97 Å². The number of phenols is 1. The third-order valence-corrected chi connectivity index (χ3v) is 12.0. The van der Waals surface area contributed by atoms with Crippen molar-refractivity contribution < 1.29 is 43.6 Å². The number of hydroxylamine groups is 2. The van der Waals surface area contributed by atoms with Crippen molar-refractivity contribution in [2.45, 2.75) is 127 Å². The van der Waals surface area contributed by atoms with Crippen LogP contribution in [-0.2, 0) is 48.1 Å². The number of carbonyl (C=O) groups excluding carboxylic acids is 3. The summed E-state index contributed by atoms with van der Waals surface area (Å²) < 4.78 is 20.2. The molecule has 12 heteroatoms. The molecular formula is C46H57N3O9. The number of hydrogen-bond acceptors (Lipinski definition) is 10. The molecule has 310 valence electrons. The molecule has 3 aromatic rings. The zero-order chi connectivity index (χ0) is 40.7. The van der Waals surface area contributed by atoms with Crippen molar-refractivity contribution in [1.82, 2.24) is 15.7 Å². The maximum absolute atomic E-state index is 15.0. The number of allylic oxidation sites excluding steroid dienone is 1. The van der Waals surface area contributed by atoms with Gasteiger partial charge in [-0.05, 0) is 59.7 Å². The fraction of sp³-hybridized carbons (Fsp3) is 0.500. The Morgan fingerprint density at radius 1 is 0.897 bits per heavy atom. The van der Waals surface area contributed by atoms with Gasteiger partial charge in [0.2, 0.25) is 5.91 Å². The molecule has 4 N–H and O–H groups in total. The number of ether oxygens (including phenoxy) is 3. The van der Waals surface area contributed by atoms with E-state index in [1.165, 1.54) is 0 Å². The Balaban J connectivity index is 1.20. The topological polar surface area (TPSA) is 156 Å². The predicted octanol–water partition coefficient (Wildman–Crippen LogP) is 6.13. The van der Waals surface area contributed by atoms with Gasteiger partial charge < -0.3 is 35.1 Å². The van der Waals surface area contributed by atoms with Crippen molar-refractivity contribution in [3.05, 3.63) is 107 Å². The highest BCUT2D eigenvalue weighted by Gasteiger charge is 2.76. The Hall–Kier alpha value is -4.59. The number of amides is 2. The SMILES string of the molecule is CCCCCC1(CCCCC)OC2C3CC4(C(=O)NCc5cccc(C(=O)NCCO)c5)C(ON(Cc5ccccc5C=CCc5ccccc5O)C4C(=O)O3)C2O1. The number of aliphatic hydroxyl groups excluding tert-OH is 1. The van der Waals surface area contributed by atoms with Crippen molar-refractivity contribution in [3.63, 3.8) is 0 Å². The van der Waals surface area contributed by atoms with E-state index in [0.29, 0.717) is 30.4 Å². The molecule has 3 heterocycles. The van der Waals surface area contributed by atoms with Crippen LogP contribution in [0.3, 0.4) is 0 Å². The highest BCUT2D eigenvalue weighted by Crippen LogP contribution is 2.58. The van der Waals surface area contributed by atoms with Crippen LogP contribution in [0.15, 0.2) is 78.9 Å². The van der Waals surface area contributed by atoms with Gasteiger partial charge in [0, 0.05) is 37.9 Å². The third kappa shape index (κ3) is 8.58. The molecule has 58 heavy (non-hydrogen) atoms. The molecule has 4 aliphatic rings. The Morgan fingerprint density at radius 2 is 1.62 bits per heavy atom. The van der Waals surface area contributed by atoms with Gasteiger partial charge in [0.15, 0.2) is 11.8 Å².